The molecule has 1 amide bonds. The molecule has 0 spiro atoms. The second-order valence-electron chi connectivity index (χ2n) is 9.38. The second kappa shape index (κ2) is 10.4. The molecule has 3 aliphatic heterocycles. The van der Waals surface area contributed by atoms with Crippen LogP contribution in [0.4, 0.5) is 11.5 Å². The molecule has 2 atom stereocenters. The molecule has 0 radical (unpaired) electrons. The number of halogens is 1. The van der Waals surface area contributed by atoms with Crippen LogP contribution in [0.25, 0.3) is 6.08 Å². The van der Waals surface area contributed by atoms with Gasteiger partial charge in [0.25, 0.3) is 0 Å². The summed E-state index contributed by atoms with van der Waals surface area (Å²) < 4.78 is 0. The lowest BCUT2D eigenvalue weighted by Crippen LogP contribution is -2.44. The van der Waals surface area contributed by atoms with Gasteiger partial charge in [0.2, 0.25) is 5.91 Å². The third-order valence-corrected chi connectivity index (χ3v) is 8.35. The van der Waals surface area contributed by atoms with Crippen molar-refractivity contribution >= 4 is 46.9 Å². The largest absolute Gasteiger partial charge is 0.374 e. The SMILES string of the molecule is C=Cc1ncc(Cl)c2c1N(C(C)O)CC2CN1CCC(NCc2ccc3c(n2)NC(=O)CS3)CC1. The van der Waals surface area contributed by atoms with E-state index >= 15 is 0 Å². The molecule has 3 N–H and O–H groups in total. The van der Waals surface area contributed by atoms with Crippen molar-refractivity contribution in [1.29, 1.82) is 0 Å². The maximum atomic E-state index is 11.6. The first-order valence-corrected chi connectivity index (χ1v) is 13.4. The molecule has 5 rings (SSSR count). The number of carbonyl (C=O) groups is 1. The maximum absolute atomic E-state index is 11.6. The molecule has 10 heteroatoms. The second-order valence-corrected chi connectivity index (χ2v) is 10.8. The summed E-state index contributed by atoms with van der Waals surface area (Å²) in [5.74, 6) is 1.35. The summed E-state index contributed by atoms with van der Waals surface area (Å²) in [5, 5.41) is 17.5. The summed E-state index contributed by atoms with van der Waals surface area (Å²) in [4.78, 5) is 26.2. The van der Waals surface area contributed by atoms with Gasteiger partial charge in [-0.3, -0.25) is 9.78 Å². The first kappa shape index (κ1) is 24.5. The molecule has 3 aliphatic rings. The Morgan fingerprint density at radius 3 is 2.94 bits per heavy atom. The Kier molecular flexibility index (Phi) is 7.31. The van der Waals surface area contributed by atoms with E-state index in [1.807, 2.05) is 17.0 Å². The Bertz CT molecular complexity index is 1120. The molecule has 2 aromatic rings. The molecule has 1 fully saturated rings. The number of amides is 1. The molecule has 2 unspecified atom stereocenters. The number of anilines is 2. The molecule has 0 saturated carbocycles. The number of likely N-dealkylation sites (tertiary alicyclic amines) is 1. The van der Waals surface area contributed by atoms with Crippen molar-refractivity contribution in [2.75, 3.05) is 42.1 Å². The highest BCUT2D eigenvalue weighted by Crippen LogP contribution is 2.44. The average molecular weight is 515 g/mol. The molecule has 1 saturated heterocycles. The number of aromatic nitrogens is 2. The van der Waals surface area contributed by atoms with Gasteiger partial charge in [-0.15, -0.1) is 11.8 Å². The third kappa shape index (κ3) is 5.20. The monoisotopic (exact) mass is 514 g/mol. The minimum Gasteiger partial charge on any atom is -0.374 e. The number of piperidine rings is 1. The quantitative estimate of drug-likeness (QED) is 0.518. The van der Waals surface area contributed by atoms with Crippen LogP contribution in [0.15, 0.2) is 29.8 Å². The number of carbonyl (C=O) groups excluding carboxylic acids is 1. The lowest BCUT2D eigenvalue weighted by Gasteiger charge is -2.34. The Hall–Kier alpha value is -2.17. The number of hydrogen-bond acceptors (Lipinski definition) is 8. The van der Waals surface area contributed by atoms with Crippen molar-refractivity contribution in [2.24, 2.45) is 0 Å². The van der Waals surface area contributed by atoms with E-state index in [1.54, 1.807) is 19.2 Å². The fourth-order valence-electron chi connectivity index (χ4n) is 5.24. The summed E-state index contributed by atoms with van der Waals surface area (Å²) in [5.41, 5.74) is 3.69. The van der Waals surface area contributed by atoms with E-state index in [0.29, 0.717) is 29.2 Å². The predicted octanol–water partition coefficient (Wildman–Crippen LogP) is 3.31. The van der Waals surface area contributed by atoms with E-state index in [2.05, 4.69) is 32.1 Å². The molecule has 186 valence electrons. The van der Waals surface area contributed by atoms with E-state index in [9.17, 15) is 9.90 Å². The van der Waals surface area contributed by atoms with Crippen LogP contribution in [0, 0.1) is 0 Å². The van der Waals surface area contributed by atoms with E-state index in [0.717, 1.165) is 66.6 Å². The lowest BCUT2D eigenvalue weighted by molar-refractivity contribution is -0.113. The maximum Gasteiger partial charge on any atom is 0.235 e. The van der Waals surface area contributed by atoms with Gasteiger partial charge in [0.15, 0.2) is 0 Å². The van der Waals surface area contributed by atoms with Crippen molar-refractivity contribution in [3.05, 3.63) is 46.9 Å². The van der Waals surface area contributed by atoms with Crippen molar-refractivity contribution in [3.63, 3.8) is 0 Å². The van der Waals surface area contributed by atoms with E-state index in [1.165, 1.54) is 11.8 Å². The first-order chi connectivity index (χ1) is 16.9. The highest BCUT2D eigenvalue weighted by molar-refractivity contribution is 8.00. The van der Waals surface area contributed by atoms with Crippen LogP contribution in [-0.4, -0.2) is 70.1 Å². The fourth-order valence-corrected chi connectivity index (χ4v) is 6.29. The van der Waals surface area contributed by atoms with Crippen LogP contribution in [0.1, 0.15) is 42.6 Å². The highest BCUT2D eigenvalue weighted by Gasteiger charge is 2.36. The summed E-state index contributed by atoms with van der Waals surface area (Å²) in [6, 6.07) is 4.51. The van der Waals surface area contributed by atoms with Gasteiger partial charge in [-0.2, -0.15) is 0 Å². The topological polar surface area (TPSA) is 93.6 Å². The molecule has 2 aromatic heterocycles. The van der Waals surface area contributed by atoms with Gasteiger partial charge in [0, 0.05) is 43.4 Å². The number of aliphatic hydroxyl groups is 1. The predicted molar refractivity (Wildman–Crippen MR) is 141 cm³/mol. The zero-order valence-electron chi connectivity index (χ0n) is 19.8. The molecule has 35 heavy (non-hydrogen) atoms. The summed E-state index contributed by atoms with van der Waals surface area (Å²) in [6.07, 6.45) is 4.93. The number of nitrogens with one attached hydrogen (secondary N) is 2. The van der Waals surface area contributed by atoms with Gasteiger partial charge < -0.3 is 25.5 Å². The van der Waals surface area contributed by atoms with Crippen molar-refractivity contribution in [2.45, 2.75) is 49.4 Å². The molecule has 0 bridgehead atoms. The fraction of sp³-hybridized carbons (Fsp3) is 0.480. The Morgan fingerprint density at radius 1 is 1.40 bits per heavy atom. The minimum atomic E-state index is -0.614. The van der Waals surface area contributed by atoms with Crippen LogP contribution in [0.2, 0.25) is 5.02 Å². The summed E-state index contributed by atoms with van der Waals surface area (Å²) in [6.45, 7) is 9.97. The Labute approximate surface area is 215 Å². The minimum absolute atomic E-state index is 0.00667. The molecule has 8 nitrogen and oxygen atoms in total. The van der Waals surface area contributed by atoms with E-state index in [-0.39, 0.29) is 11.8 Å². The molecular formula is C25H31ClN6O2S. The van der Waals surface area contributed by atoms with Crippen LogP contribution in [0.3, 0.4) is 0 Å². The zero-order chi connectivity index (χ0) is 24.5. The van der Waals surface area contributed by atoms with Crippen molar-refractivity contribution in [3.8, 4) is 0 Å². The Morgan fingerprint density at radius 2 is 2.20 bits per heavy atom. The summed E-state index contributed by atoms with van der Waals surface area (Å²) >= 11 is 8.12. The Balaban J connectivity index is 1.17. The van der Waals surface area contributed by atoms with Crippen LogP contribution in [0.5, 0.6) is 0 Å². The smallest absolute Gasteiger partial charge is 0.235 e. The average Bonchev–Trinajstić information content (AvgIpc) is 3.24. The van der Waals surface area contributed by atoms with Crippen LogP contribution in [-0.2, 0) is 11.3 Å². The summed E-state index contributed by atoms with van der Waals surface area (Å²) in [7, 11) is 0. The molecular weight excluding hydrogens is 484 g/mol. The number of thioether (sulfide) groups is 1. The first-order valence-electron chi connectivity index (χ1n) is 12.1. The van der Waals surface area contributed by atoms with Crippen molar-refractivity contribution < 1.29 is 9.90 Å². The van der Waals surface area contributed by atoms with Crippen LogP contribution < -0.4 is 15.5 Å². The van der Waals surface area contributed by atoms with Crippen LogP contribution >= 0.6 is 23.4 Å². The zero-order valence-corrected chi connectivity index (χ0v) is 21.4. The lowest BCUT2D eigenvalue weighted by atomic mass is 9.98. The third-order valence-electron chi connectivity index (χ3n) is 7.00. The van der Waals surface area contributed by atoms with E-state index in [4.69, 9.17) is 11.6 Å². The molecule has 0 aromatic carbocycles. The van der Waals surface area contributed by atoms with Gasteiger partial charge in [-0.25, -0.2) is 4.98 Å². The number of fused-ring (bicyclic) bond motifs is 2. The number of aliphatic hydroxyl groups excluding tert-OH is 1. The van der Waals surface area contributed by atoms with Gasteiger partial charge in [0.1, 0.15) is 12.0 Å². The standard InChI is InChI=1S/C25H31ClN6O2S/c1-3-20-24-23(19(26)11-28-20)16(13-32(24)15(2)33)12-31-8-6-17(7-9-31)27-10-18-4-5-21-25(29-18)30-22(34)14-35-21/h3-5,11,15-17,27,33H,1,6-10,12-14H2,2H3,(H,29,30,34). The molecule has 0 aliphatic carbocycles. The molecule has 5 heterocycles. The number of pyridine rings is 2. The highest BCUT2D eigenvalue weighted by atomic mass is 35.5. The van der Waals surface area contributed by atoms with Gasteiger partial charge in [-0.1, -0.05) is 18.2 Å². The van der Waals surface area contributed by atoms with Gasteiger partial charge in [-0.05, 0) is 51.1 Å². The van der Waals surface area contributed by atoms with Gasteiger partial charge >= 0.3 is 0 Å². The normalized spacial score (nSPS) is 21.4. The van der Waals surface area contributed by atoms with Crippen molar-refractivity contribution in [1.82, 2.24) is 20.2 Å². The van der Waals surface area contributed by atoms with Gasteiger partial charge in [0.05, 0.1) is 32.7 Å². The number of hydrogen-bond donors (Lipinski definition) is 3. The number of nitrogens with zero attached hydrogens (tertiary/aromatic N) is 4. The van der Waals surface area contributed by atoms with E-state index < -0.39 is 6.23 Å². The number of rotatable bonds is 7.